The molecule has 0 saturated carbocycles. The number of nitrogens with one attached hydrogen (secondary N) is 1. The number of rotatable bonds is 3. The number of halogens is 2. The topological polar surface area (TPSA) is 41.1 Å². The summed E-state index contributed by atoms with van der Waals surface area (Å²) in [5.41, 5.74) is 0.419. The Bertz CT molecular complexity index is 612. The molecule has 2 aromatic rings. The first-order chi connectivity index (χ1) is 9.72. The van der Waals surface area contributed by atoms with Crippen LogP contribution in [-0.4, -0.2) is 23.1 Å². The van der Waals surface area contributed by atoms with E-state index in [4.69, 9.17) is 0 Å². The summed E-state index contributed by atoms with van der Waals surface area (Å²) in [6.45, 7) is 1.98. The smallest absolute Gasteiger partial charge is 0.229 e. The average Bonchev–Trinajstić information content (AvgIpc) is 2.97. The molecule has 104 valence electrons. The third kappa shape index (κ3) is 2.68. The van der Waals surface area contributed by atoms with Crippen molar-refractivity contribution < 1.29 is 8.78 Å². The van der Waals surface area contributed by atoms with Crippen LogP contribution in [0.15, 0.2) is 30.5 Å². The minimum absolute atomic E-state index is 0.375. The van der Waals surface area contributed by atoms with E-state index in [-0.39, 0.29) is 0 Å². The second-order valence-corrected chi connectivity index (χ2v) is 4.69. The Hall–Kier alpha value is -2.24. The third-order valence-electron chi connectivity index (χ3n) is 3.25. The SMILES string of the molecule is Fc1ccc(Nc2nccc(N3CCCC3)n2)cc1F. The summed E-state index contributed by atoms with van der Waals surface area (Å²) in [5, 5.41) is 2.88. The van der Waals surface area contributed by atoms with Gasteiger partial charge in [-0.3, -0.25) is 0 Å². The van der Waals surface area contributed by atoms with Gasteiger partial charge in [0.1, 0.15) is 5.82 Å². The van der Waals surface area contributed by atoms with Crippen molar-refractivity contribution in [3.63, 3.8) is 0 Å². The van der Waals surface area contributed by atoms with E-state index in [2.05, 4.69) is 20.2 Å². The van der Waals surface area contributed by atoms with Crippen LogP contribution in [0, 0.1) is 11.6 Å². The molecule has 0 aliphatic carbocycles. The lowest BCUT2D eigenvalue weighted by Crippen LogP contribution is -2.19. The monoisotopic (exact) mass is 276 g/mol. The van der Waals surface area contributed by atoms with Crippen molar-refractivity contribution in [2.45, 2.75) is 12.8 Å². The standard InChI is InChI=1S/C14H14F2N4/c15-11-4-3-10(9-12(11)16)18-14-17-6-5-13(19-14)20-7-1-2-8-20/h3-6,9H,1-2,7-8H2,(H,17,18,19). The largest absolute Gasteiger partial charge is 0.356 e. The molecule has 1 aliphatic heterocycles. The molecule has 1 saturated heterocycles. The number of hydrogen-bond donors (Lipinski definition) is 1. The first-order valence-electron chi connectivity index (χ1n) is 6.52. The lowest BCUT2D eigenvalue weighted by molar-refractivity contribution is 0.509. The Labute approximate surface area is 115 Å². The molecule has 0 amide bonds. The molecule has 1 aliphatic rings. The molecule has 2 heterocycles. The van der Waals surface area contributed by atoms with Crippen LogP contribution in [0.1, 0.15) is 12.8 Å². The molecular weight excluding hydrogens is 262 g/mol. The molecule has 6 heteroatoms. The van der Waals surface area contributed by atoms with Crippen LogP contribution in [-0.2, 0) is 0 Å². The average molecular weight is 276 g/mol. The number of aromatic nitrogens is 2. The fourth-order valence-corrected chi connectivity index (χ4v) is 2.23. The highest BCUT2D eigenvalue weighted by Crippen LogP contribution is 2.20. The van der Waals surface area contributed by atoms with Crippen LogP contribution < -0.4 is 10.2 Å². The van der Waals surface area contributed by atoms with Gasteiger partial charge in [-0.15, -0.1) is 0 Å². The van der Waals surface area contributed by atoms with Gasteiger partial charge in [0.25, 0.3) is 0 Å². The molecule has 20 heavy (non-hydrogen) atoms. The van der Waals surface area contributed by atoms with Gasteiger partial charge in [-0.1, -0.05) is 0 Å². The molecule has 1 aromatic heterocycles. The highest BCUT2D eigenvalue weighted by atomic mass is 19.2. The summed E-state index contributed by atoms with van der Waals surface area (Å²) in [4.78, 5) is 10.7. The molecule has 0 unspecified atom stereocenters. The second-order valence-electron chi connectivity index (χ2n) is 4.69. The van der Waals surface area contributed by atoms with Gasteiger partial charge in [0, 0.05) is 31.0 Å². The molecular formula is C14H14F2N4. The summed E-state index contributed by atoms with van der Waals surface area (Å²) in [6, 6.07) is 5.45. The summed E-state index contributed by atoms with van der Waals surface area (Å²) < 4.78 is 26.0. The fraction of sp³-hybridized carbons (Fsp3) is 0.286. The van der Waals surface area contributed by atoms with E-state index in [0.717, 1.165) is 43.9 Å². The predicted octanol–water partition coefficient (Wildman–Crippen LogP) is 3.10. The van der Waals surface area contributed by atoms with Crippen molar-refractivity contribution in [3.05, 3.63) is 42.1 Å². The molecule has 0 radical (unpaired) electrons. The molecule has 1 aromatic carbocycles. The van der Waals surface area contributed by atoms with Gasteiger partial charge in [0.2, 0.25) is 5.95 Å². The van der Waals surface area contributed by atoms with Crippen molar-refractivity contribution >= 4 is 17.5 Å². The Balaban J connectivity index is 1.79. The number of anilines is 3. The van der Waals surface area contributed by atoms with Crippen LogP contribution >= 0.6 is 0 Å². The third-order valence-corrected chi connectivity index (χ3v) is 3.25. The first-order valence-corrected chi connectivity index (χ1v) is 6.52. The lowest BCUT2D eigenvalue weighted by Gasteiger charge is -2.16. The summed E-state index contributed by atoms with van der Waals surface area (Å²) in [5.74, 6) is -0.545. The van der Waals surface area contributed by atoms with E-state index in [9.17, 15) is 8.78 Å². The molecule has 1 N–H and O–H groups in total. The van der Waals surface area contributed by atoms with Gasteiger partial charge >= 0.3 is 0 Å². The van der Waals surface area contributed by atoms with E-state index < -0.39 is 11.6 Å². The van der Waals surface area contributed by atoms with Gasteiger partial charge in [-0.05, 0) is 31.0 Å². The molecule has 4 nitrogen and oxygen atoms in total. The van der Waals surface area contributed by atoms with Crippen molar-refractivity contribution in [2.75, 3.05) is 23.3 Å². The summed E-state index contributed by atoms with van der Waals surface area (Å²) >= 11 is 0. The minimum atomic E-state index is -0.898. The van der Waals surface area contributed by atoms with Crippen molar-refractivity contribution in [3.8, 4) is 0 Å². The second kappa shape index (κ2) is 5.40. The van der Waals surface area contributed by atoms with Crippen molar-refractivity contribution in [1.82, 2.24) is 9.97 Å². The fourth-order valence-electron chi connectivity index (χ4n) is 2.23. The highest BCUT2D eigenvalue weighted by molar-refractivity contribution is 5.55. The van der Waals surface area contributed by atoms with Crippen molar-refractivity contribution in [1.29, 1.82) is 0 Å². The molecule has 1 fully saturated rings. The maximum Gasteiger partial charge on any atom is 0.229 e. The van der Waals surface area contributed by atoms with Crippen LogP contribution in [0.5, 0.6) is 0 Å². The maximum atomic E-state index is 13.1. The minimum Gasteiger partial charge on any atom is -0.356 e. The Morgan fingerprint density at radius 1 is 1.05 bits per heavy atom. The summed E-state index contributed by atoms with van der Waals surface area (Å²) in [7, 11) is 0. The van der Waals surface area contributed by atoms with E-state index in [1.807, 2.05) is 6.07 Å². The first kappa shape index (κ1) is 12.8. The van der Waals surface area contributed by atoms with E-state index in [0.29, 0.717) is 11.6 Å². The van der Waals surface area contributed by atoms with Gasteiger partial charge in [0.15, 0.2) is 11.6 Å². The van der Waals surface area contributed by atoms with Gasteiger partial charge in [-0.2, -0.15) is 4.98 Å². The zero-order chi connectivity index (χ0) is 13.9. The highest BCUT2D eigenvalue weighted by Gasteiger charge is 2.14. The number of benzene rings is 1. The lowest BCUT2D eigenvalue weighted by atomic mass is 10.3. The number of nitrogens with zero attached hydrogens (tertiary/aromatic N) is 3. The Morgan fingerprint density at radius 3 is 2.60 bits per heavy atom. The van der Waals surface area contributed by atoms with Gasteiger partial charge in [-0.25, -0.2) is 13.8 Å². The van der Waals surface area contributed by atoms with Crippen LogP contribution in [0.2, 0.25) is 0 Å². The zero-order valence-corrected chi connectivity index (χ0v) is 10.8. The quantitative estimate of drug-likeness (QED) is 0.935. The Kier molecular flexibility index (Phi) is 3.45. The molecule has 3 rings (SSSR count). The Morgan fingerprint density at radius 2 is 1.85 bits per heavy atom. The van der Waals surface area contributed by atoms with Gasteiger partial charge < -0.3 is 10.2 Å². The number of hydrogen-bond acceptors (Lipinski definition) is 4. The normalized spacial score (nSPS) is 14.6. The van der Waals surface area contributed by atoms with E-state index >= 15 is 0 Å². The molecule has 0 atom stereocenters. The zero-order valence-electron chi connectivity index (χ0n) is 10.8. The van der Waals surface area contributed by atoms with Gasteiger partial charge in [0.05, 0.1) is 0 Å². The van der Waals surface area contributed by atoms with E-state index in [1.165, 1.54) is 6.07 Å². The predicted molar refractivity (Wildman–Crippen MR) is 73.1 cm³/mol. The molecule has 0 spiro atoms. The van der Waals surface area contributed by atoms with E-state index in [1.54, 1.807) is 6.20 Å². The summed E-state index contributed by atoms with van der Waals surface area (Å²) in [6.07, 6.45) is 3.98. The maximum absolute atomic E-state index is 13.1. The van der Waals surface area contributed by atoms with Crippen LogP contribution in [0.4, 0.5) is 26.2 Å². The molecule has 0 bridgehead atoms. The van der Waals surface area contributed by atoms with Crippen LogP contribution in [0.25, 0.3) is 0 Å². The van der Waals surface area contributed by atoms with Crippen LogP contribution in [0.3, 0.4) is 0 Å². The van der Waals surface area contributed by atoms with Crippen molar-refractivity contribution in [2.24, 2.45) is 0 Å².